The highest BCUT2D eigenvalue weighted by Crippen LogP contribution is 2.25. The maximum absolute atomic E-state index is 12.4. The SMILES string of the molecule is Cc1ccccc1C=C(C#N)C(=O)Nc1ncc(Cc2ccccc2Cl)s1. The van der Waals surface area contributed by atoms with Crippen LogP contribution in [0.3, 0.4) is 0 Å². The first-order valence-corrected chi connectivity index (χ1v) is 9.43. The van der Waals surface area contributed by atoms with Crippen molar-refractivity contribution in [1.82, 2.24) is 4.98 Å². The topological polar surface area (TPSA) is 65.8 Å². The zero-order valence-electron chi connectivity index (χ0n) is 14.6. The molecule has 2 aromatic carbocycles. The minimum absolute atomic E-state index is 0.0344. The molecule has 0 unspecified atom stereocenters. The number of hydrogen-bond acceptors (Lipinski definition) is 4. The van der Waals surface area contributed by atoms with E-state index in [1.165, 1.54) is 11.3 Å². The van der Waals surface area contributed by atoms with Crippen molar-refractivity contribution in [2.45, 2.75) is 13.3 Å². The van der Waals surface area contributed by atoms with E-state index in [9.17, 15) is 10.1 Å². The number of carbonyl (C=O) groups excluding carboxylic acids is 1. The Morgan fingerprint density at radius 3 is 2.74 bits per heavy atom. The summed E-state index contributed by atoms with van der Waals surface area (Å²) in [5.74, 6) is -0.473. The van der Waals surface area contributed by atoms with Gasteiger partial charge in [-0.05, 0) is 35.8 Å². The molecule has 0 radical (unpaired) electrons. The van der Waals surface area contributed by atoms with Gasteiger partial charge in [0, 0.05) is 22.5 Å². The van der Waals surface area contributed by atoms with Crippen LogP contribution in [0.1, 0.15) is 21.6 Å². The first-order chi connectivity index (χ1) is 13.1. The van der Waals surface area contributed by atoms with Gasteiger partial charge in [-0.15, -0.1) is 11.3 Å². The highest BCUT2D eigenvalue weighted by molar-refractivity contribution is 7.15. The monoisotopic (exact) mass is 393 g/mol. The first kappa shape index (κ1) is 18.8. The van der Waals surface area contributed by atoms with Crippen LogP contribution >= 0.6 is 22.9 Å². The van der Waals surface area contributed by atoms with Crippen LogP contribution in [0, 0.1) is 18.3 Å². The first-order valence-electron chi connectivity index (χ1n) is 8.23. The fourth-order valence-electron chi connectivity index (χ4n) is 2.49. The molecule has 134 valence electrons. The van der Waals surface area contributed by atoms with Gasteiger partial charge in [0.25, 0.3) is 5.91 Å². The third kappa shape index (κ3) is 4.82. The van der Waals surface area contributed by atoms with Crippen molar-refractivity contribution in [3.63, 3.8) is 0 Å². The summed E-state index contributed by atoms with van der Waals surface area (Å²) < 4.78 is 0. The van der Waals surface area contributed by atoms with E-state index >= 15 is 0 Å². The van der Waals surface area contributed by atoms with Crippen LogP contribution < -0.4 is 5.32 Å². The van der Waals surface area contributed by atoms with Crippen molar-refractivity contribution in [2.75, 3.05) is 5.32 Å². The van der Waals surface area contributed by atoms with Gasteiger partial charge in [-0.25, -0.2) is 4.98 Å². The number of nitrogens with zero attached hydrogens (tertiary/aromatic N) is 2. The second kappa shape index (κ2) is 8.63. The summed E-state index contributed by atoms with van der Waals surface area (Å²) in [5, 5.41) is 13.2. The number of anilines is 1. The van der Waals surface area contributed by atoms with Crippen molar-refractivity contribution in [3.05, 3.63) is 86.9 Å². The van der Waals surface area contributed by atoms with Gasteiger partial charge in [0.2, 0.25) is 0 Å². The standard InChI is InChI=1S/C21H16ClN3OS/c1-14-6-2-3-7-15(14)10-17(12-23)20(26)25-21-24-13-18(27-21)11-16-8-4-5-9-19(16)22/h2-10,13H,11H2,1H3,(H,24,25,26). The second-order valence-corrected chi connectivity index (χ2v) is 7.40. The van der Waals surface area contributed by atoms with Crippen LogP contribution in [-0.4, -0.2) is 10.9 Å². The van der Waals surface area contributed by atoms with Crippen molar-refractivity contribution in [3.8, 4) is 6.07 Å². The van der Waals surface area contributed by atoms with Crippen molar-refractivity contribution >= 4 is 40.1 Å². The third-order valence-electron chi connectivity index (χ3n) is 3.95. The summed E-state index contributed by atoms with van der Waals surface area (Å²) >= 11 is 7.55. The van der Waals surface area contributed by atoms with E-state index in [1.807, 2.05) is 61.5 Å². The van der Waals surface area contributed by atoms with Gasteiger partial charge < -0.3 is 0 Å². The van der Waals surface area contributed by atoms with Crippen molar-refractivity contribution in [1.29, 1.82) is 5.26 Å². The van der Waals surface area contributed by atoms with Gasteiger partial charge in [0.05, 0.1) is 0 Å². The Kier molecular flexibility index (Phi) is 6.02. The van der Waals surface area contributed by atoms with Crippen LogP contribution in [0.25, 0.3) is 6.08 Å². The number of nitriles is 1. The number of rotatable bonds is 5. The smallest absolute Gasteiger partial charge is 0.268 e. The van der Waals surface area contributed by atoms with E-state index in [0.717, 1.165) is 21.6 Å². The molecule has 0 atom stereocenters. The molecule has 1 N–H and O–H groups in total. The lowest BCUT2D eigenvalue weighted by Gasteiger charge is -2.03. The van der Waals surface area contributed by atoms with Gasteiger partial charge in [0.1, 0.15) is 11.6 Å². The predicted molar refractivity (Wildman–Crippen MR) is 110 cm³/mol. The molecule has 0 saturated heterocycles. The lowest BCUT2D eigenvalue weighted by atomic mass is 10.1. The highest BCUT2D eigenvalue weighted by Gasteiger charge is 2.13. The predicted octanol–water partition coefficient (Wildman–Crippen LogP) is 5.24. The molecule has 0 fully saturated rings. The van der Waals surface area contributed by atoms with E-state index in [2.05, 4.69) is 10.3 Å². The molecule has 0 aliphatic carbocycles. The molecule has 1 amide bonds. The maximum atomic E-state index is 12.4. The minimum Gasteiger partial charge on any atom is -0.297 e. The number of amides is 1. The molecular weight excluding hydrogens is 378 g/mol. The fourth-order valence-corrected chi connectivity index (χ4v) is 3.53. The zero-order valence-corrected chi connectivity index (χ0v) is 16.1. The average molecular weight is 394 g/mol. The normalized spacial score (nSPS) is 11.1. The summed E-state index contributed by atoms with van der Waals surface area (Å²) in [6, 6.07) is 17.2. The maximum Gasteiger partial charge on any atom is 0.268 e. The minimum atomic E-state index is -0.473. The zero-order chi connectivity index (χ0) is 19.2. The summed E-state index contributed by atoms with van der Waals surface area (Å²) in [4.78, 5) is 17.6. The number of thiazole rings is 1. The molecule has 0 aliphatic rings. The van der Waals surface area contributed by atoms with Crippen LogP contribution in [0.2, 0.25) is 5.02 Å². The molecule has 3 rings (SSSR count). The Bertz CT molecular complexity index is 1050. The number of hydrogen-bond donors (Lipinski definition) is 1. The summed E-state index contributed by atoms with van der Waals surface area (Å²) in [7, 11) is 0. The number of aromatic nitrogens is 1. The molecule has 27 heavy (non-hydrogen) atoms. The van der Waals surface area contributed by atoms with Gasteiger partial charge in [-0.1, -0.05) is 54.1 Å². The van der Waals surface area contributed by atoms with Gasteiger partial charge >= 0.3 is 0 Å². The highest BCUT2D eigenvalue weighted by atomic mass is 35.5. The second-order valence-electron chi connectivity index (χ2n) is 5.88. The van der Waals surface area contributed by atoms with E-state index in [1.54, 1.807) is 12.3 Å². The Morgan fingerprint density at radius 1 is 1.26 bits per heavy atom. The van der Waals surface area contributed by atoms with Crippen LogP contribution in [0.15, 0.2) is 60.3 Å². The summed E-state index contributed by atoms with van der Waals surface area (Å²) in [6.45, 7) is 1.93. The summed E-state index contributed by atoms with van der Waals surface area (Å²) in [6.07, 6.45) is 3.93. The molecule has 0 bridgehead atoms. The molecular formula is C21H16ClN3OS. The third-order valence-corrected chi connectivity index (χ3v) is 5.23. The van der Waals surface area contributed by atoms with Crippen LogP contribution in [0.4, 0.5) is 5.13 Å². The molecule has 0 spiro atoms. The molecule has 0 saturated carbocycles. The van der Waals surface area contributed by atoms with E-state index in [4.69, 9.17) is 11.6 Å². The number of aryl methyl sites for hydroxylation is 1. The molecule has 1 heterocycles. The largest absolute Gasteiger partial charge is 0.297 e. The Balaban J connectivity index is 1.73. The number of nitrogens with one attached hydrogen (secondary N) is 1. The van der Waals surface area contributed by atoms with E-state index in [-0.39, 0.29) is 5.57 Å². The quantitative estimate of drug-likeness (QED) is 0.476. The summed E-state index contributed by atoms with van der Waals surface area (Å²) in [5.41, 5.74) is 2.86. The molecule has 4 nitrogen and oxygen atoms in total. The van der Waals surface area contributed by atoms with Crippen LogP contribution in [0.5, 0.6) is 0 Å². The van der Waals surface area contributed by atoms with Gasteiger partial charge in [-0.3, -0.25) is 10.1 Å². The van der Waals surface area contributed by atoms with E-state index in [0.29, 0.717) is 16.6 Å². The van der Waals surface area contributed by atoms with Crippen LogP contribution in [-0.2, 0) is 11.2 Å². The Labute approximate surface area is 166 Å². The lowest BCUT2D eigenvalue weighted by molar-refractivity contribution is -0.112. The Morgan fingerprint density at radius 2 is 2.00 bits per heavy atom. The number of halogens is 1. The number of carbonyl (C=O) groups is 1. The van der Waals surface area contributed by atoms with E-state index < -0.39 is 5.91 Å². The lowest BCUT2D eigenvalue weighted by Crippen LogP contribution is -2.13. The molecule has 3 aromatic rings. The molecule has 0 aliphatic heterocycles. The van der Waals surface area contributed by atoms with Crippen molar-refractivity contribution < 1.29 is 4.79 Å². The molecule has 1 aromatic heterocycles. The number of benzene rings is 2. The average Bonchev–Trinajstić information content (AvgIpc) is 3.09. The van der Waals surface area contributed by atoms with Gasteiger partial charge in [-0.2, -0.15) is 5.26 Å². The Hall–Kier alpha value is -2.94. The van der Waals surface area contributed by atoms with Gasteiger partial charge in [0.15, 0.2) is 5.13 Å². The van der Waals surface area contributed by atoms with Crippen molar-refractivity contribution in [2.24, 2.45) is 0 Å². The molecule has 6 heteroatoms. The fraction of sp³-hybridized carbons (Fsp3) is 0.0952.